The Labute approximate surface area is 111 Å². The van der Waals surface area contributed by atoms with Crippen molar-refractivity contribution in [3.8, 4) is 17.0 Å². The highest BCUT2D eigenvalue weighted by atomic mass is 16.3. The van der Waals surface area contributed by atoms with Gasteiger partial charge in [-0.1, -0.05) is 6.92 Å². The maximum absolute atomic E-state index is 11.3. The van der Waals surface area contributed by atoms with E-state index >= 15 is 0 Å². The first-order valence-electron chi connectivity index (χ1n) is 6.14. The molecule has 0 saturated heterocycles. The van der Waals surface area contributed by atoms with Crippen molar-refractivity contribution in [3.05, 3.63) is 30.0 Å². The van der Waals surface area contributed by atoms with Crippen molar-refractivity contribution in [3.63, 3.8) is 0 Å². The topological polar surface area (TPSA) is 67.2 Å². The number of rotatable bonds is 3. The molecule has 1 aromatic carbocycles. The van der Waals surface area contributed by atoms with E-state index in [1.807, 2.05) is 14.0 Å². The van der Waals surface area contributed by atoms with Crippen molar-refractivity contribution < 1.29 is 9.90 Å². The van der Waals surface area contributed by atoms with Crippen LogP contribution in [0.3, 0.4) is 0 Å². The minimum atomic E-state index is -0.0798. The van der Waals surface area contributed by atoms with Gasteiger partial charge in [0.05, 0.1) is 11.9 Å². The third kappa shape index (κ3) is 2.59. The largest absolute Gasteiger partial charge is 0.507 e. The normalized spacial score (nSPS) is 10.5. The van der Waals surface area contributed by atoms with Gasteiger partial charge in [-0.15, -0.1) is 0 Å². The first-order chi connectivity index (χ1) is 9.02. The Bertz CT molecular complexity index is 598. The Balaban J connectivity index is 2.37. The second kappa shape index (κ2) is 5.14. The van der Waals surface area contributed by atoms with Crippen molar-refractivity contribution in [1.82, 2.24) is 9.78 Å². The maximum atomic E-state index is 11.3. The molecular formula is C14H17N3O2. The van der Waals surface area contributed by atoms with Gasteiger partial charge in [0.25, 0.3) is 0 Å². The van der Waals surface area contributed by atoms with Crippen molar-refractivity contribution in [1.29, 1.82) is 0 Å². The van der Waals surface area contributed by atoms with E-state index in [2.05, 4.69) is 10.4 Å². The molecule has 2 aromatic rings. The number of phenolic OH excluding ortho intramolecular Hbond substituents is 1. The van der Waals surface area contributed by atoms with Crippen LogP contribution in [0.4, 0.5) is 5.69 Å². The zero-order valence-corrected chi connectivity index (χ0v) is 11.3. The Morgan fingerprint density at radius 3 is 2.74 bits per heavy atom. The first-order valence-corrected chi connectivity index (χ1v) is 6.14. The fourth-order valence-electron chi connectivity index (χ4n) is 1.99. The predicted octanol–water partition coefficient (Wildman–Crippen LogP) is 2.45. The summed E-state index contributed by atoms with van der Waals surface area (Å²) >= 11 is 0. The first kappa shape index (κ1) is 13.1. The molecule has 0 aliphatic heterocycles. The van der Waals surface area contributed by atoms with Crippen LogP contribution in [0.2, 0.25) is 0 Å². The number of nitrogens with one attached hydrogen (secondary N) is 1. The molecule has 0 saturated carbocycles. The van der Waals surface area contributed by atoms with Gasteiger partial charge in [0.2, 0.25) is 5.91 Å². The van der Waals surface area contributed by atoms with Crippen molar-refractivity contribution >= 4 is 11.6 Å². The highest BCUT2D eigenvalue weighted by Crippen LogP contribution is 2.33. The van der Waals surface area contributed by atoms with Gasteiger partial charge in [0, 0.05) is 30.8 Å². The molecule has 0 bridgehead atoms. The standard InChI is InChI=1S/C14H17N3O2/c1-4-13(19)16-10-5-6-11(12(18)7-10)14-9(2)8-15-17(14)3/h5-8,18H,4H2,1-3H3,(H,16,19). The van der Waals surface area contributed by atoms with Gasteiger partial charge < -0.3 is 10.4 Å². The highest BCUT2D eigenvalue weighted by Gasteiger charge is 2.12. The van der Waals surface area contributed by atoms with Crippen molar-refractivity contribution in [2.45, 2.75) is 20.3 Å². The summed E-state index contributed by atoms with van der Waals surface area (Å²) in [6.45, 7) is 3.72. The van der Waals surface area contributed by atoms with E-state index in [1.165, 1.54) is 0 Å². The Morgan fingerprint density at radius 2 is 2.21 bits per heavy atom. The monoisotopic (exact) mass is 259 g/mol. The van der Waals surface area contributed by atoms with Crippen LogP contribution in [0.25, 0.3) is 11.3 Å². The SMILES string of the molecule is CCC(=O)Nc1ccc(-c2c(C)cnn2C)c(O)c1. The minimum Gasteiger partial charge on any atom is -0.507 e. The number of aromatic hydroxyl groups is 1. The lowest BCUT2D eigenvalue weighted by Gasteiger charge is -2.09. The molecule has 100 valence electrons. The fourth-order valence-corrected chi connectivity index (χ4v) is 1.99. The molecule has 19 heavy (non-hydrogen) atoms. The van der Waals surface area contributed by atoms with Gasteiger partial charge in [0.15, 0.2) is 0 Å². The summed E-state index contributed by atoms with van der Waals surface area (Å²) in [7, 11) is 1.83. The average Bonchev–Trinajstić information content (AvgIpc) is 2.70. The van der Waals surface area contributed by atoms with Gasteiger partial charge in [-0.3, -0.25) is 9.48 Å². The molecule has 2 rings (SSSR count). The fraction of sp³-hybridized carbons (Fsp3) is 0.286. The van der Waals surface area contributed by atoms with Crippen LogP contribution in [0.15, 0.2) is 24.4 Å². The summed E-state index contributed by atoms with van der Waals surface area (Å²) in [4.78, 5) is 11.3. The van der Waals surface area contributed by atoms with Crippen LogP contribution in [-0.2, 0) is 11.8 Å². The molecular weight excluding hydrogens is 242 g/mol. The van der Waals surface area contributed by atoms with E-state index in [0.717, 1.165) is 11.3 Å². The Morgan fingerprint density at radius 1 is 1.47 bits per heavy atom. The molecule has 1 heterocycles. The van der Waals surface area contributed by atoms with Crippen LogP contribution in [0.5, 0.6) is 5.75 Å². The van der Waals surface area contributed by atoms with Crippen LogP contribution < -0.4 is 5.32 Å². The molecule has 5 nitrogen and oxygen atoms in total. The van der Waals surface area contributed by atoms with Crippen LogP contribution in [-0.4, -0.2) is 20.8 Å². The molecule has 1 aromatic heterocycles. The molecule has 0 fully saturated rings. The zero-order chi connectivity index (χ0) is 14.0. The van der Waals surface area contributed by atoms with Gasteiger partial charge in [-0.2, -0.15) is 5.10 Å². The molecule has 5 heteroatoms. The summed E-state index contributed by atoms with van der Waals surface area (Å²) in [5.74, 6) is 0.0458. The summed E-state index contributed by atoms with van der Waals surface area (Å²) in [6, 6.07) is 5.11. The van der Waals surface area contributed by atoms with E-state index in [4.69, 9.17) is 0 Å². The third-order valence-corrected chi connectivity index (χ3v) is 2.98. The average molecular weight is 259 g/mol. The van der Waals surface area contributed by atoms with Crippen LogP contribution in [0, 0.1) is 6.92 Å². The molecule has 0 aliphatic carbocycles. The summed E-state index contributed by atoms with van der Waals surface area (Å²) in [5, 5.41) is 17.0. The number of benzene rings is 1. The summed E-state index contributed by atoms with van der Waals surface area (Å²) in [5.41, 5.74) is 3.15. The molecule has 1 amide bonds. The summed E-state index contributed by atoms with van der Waals surface area (Å²) in [6.07, 6.45) is 2.16. The molecule has 0 radical (unpaired) electrons. The van der Waals surface area contributed by atoms with Gasteiger partial charge in [-0.25, -0.2) is 0 Å². The number of aryl methyl sites for hydroxylation is 2. The van der Waals surface area contributed by atoms with Gasteiger partial charge in [-0.05, 0) is 24.6 Å². The minimum absolute atomic E-state index is 0.0798. The van der Waals surface area contributed by atoms with Crippen LogP contribution in [0.1, 0.15) is 18.9 Å². The lowest BCUT2D eigenvalue weighted by molar-refractivity contribution is -0.115. The smallest absolute Gasteiger partial charge is 0.224 e. The Kier molecular flexibility index (Phi) is 3.55. The number of amides is 1. The highest BCUT2D eigenvalue weighted by molar-refractivity contribution is 5.91. The number of anilines is 1. The lowest BCUT2D eigenvalue weighted by atomic mass is 10.1. The number of carbonyl (C=O) groups is 1. The lowest BCUT2D eigenvalue weighted by Crippen LogP contribution is -2.09. The number of nitrogens with zero attached hydrogens (tertiary/aromatic N) is 2. The van der Waals surface area contributed by atoms with Crippen LogP contribution >= 0.6 is 0 Å². The van der Waals surface area contributed by atoms with Gasteiger partial charge in [0.1, 0.15) is 5.75 Å². The van der Waals surface area contributed by atoms with E-state index in [9.17, 15) is 9.90 Å². The maximum Gasteiger partial charge on any atom is 0.224 e. The number of phenols is 1. The van der Waals surface area contributed by atoms with E-state index < -0.39 is 0 Å². The quantitative estimate of drug-likeness (QED) is 0.889. The zero-order valence-electron chi connectivity index (χ0n) is 11.3. The number of carbonyl (C=O) groups excluding carboxylic acids is 1. The molecule has 2 N–H and O–H groups in total. The molecule has 0 spiro atoms. The second-order valence-electron chi connectivity index (χ2n) is 4.43. The van der Waals surface area contributed by atoms with E-state index in [0.29, 0.717) is 17.7 Å². The molecule has 0 aliphatic rings. The Hall–Kier alpha value is -2.30. The summed E-state index contributed by atoms with van der Waals surface area (Å²) < 4.78 is 1.72. The van der Waals surface area contributed by atoms with Crippen molar-refractivity contribution in [2.24, 2.45) is 7.05 Å². The molecule has 0 atom stereocenters. The van der Waals surface area contributed by atoms with E-state index in [1.54, 1.807) is 36.0 Å². The second-order valence-corrected chi connectivity index (χ2v) is 4.43. The molecule has 0 unspecified atom stereocenters. The third-order valence-electron chi connectivity index (χ3n) is 2.98. The predicted molar refractivity (Wildman–Crippen MR) is 74.0 cm³/mol. The number of aromatic nitrogens is 2. The van der Waals surface area contributed by atoms with E-state index in [-0.39, 0.29) is 11.7 Å². The van der Waals surface area contributed by atoms with Crippen molar-refractivity contribution in [2.75, 3.05) is 5.32 Å². The van der Waals surface area contributed by atoms with Gasteiger partial charge >= 0.3 is 0 Å². The number of hydrogen-bond donors (Lipinski definition) is 2. The number of hydrogen-bond acceptors (Lipinski definition) is 3.